The van der Waals surface area contributed by atoms with Gasteiger partial charge in [-0.05, 0) is 87.1 Å². The van der Waals surface area contributed by atoms with E-state index in [1.807, 2.05) is 19.9 Å². The first-order valence-corrected chi connectivity index (χ1v) is 14.1. The van der Waals surface area contributed by atoms with Crippen LogP contribution in [0.1, 0.15) is 36.8 Å². The van der Waals surface area contributed by atoms with Crippen LogP contribution >= 0.6 is 11.3 Å². The molecule has 10 heteroatoms. The predicted octanol–water partition coefficient (Wildman–Crippen LogP) is 4.42. The Morgan fingerprint density at radius 2 is 1.91 bits per heavy atom. The molecule has 1 amide bonds. The minimum atomic E-state index is -3.96. The van der Waals surface area contributed by atoms with Gasteiger partial charge in [-0.3, -0.25) is 9.69 Å². The second-order valence-corrected chi connectivity index (χ2v) is 12.1. The molecule has 3 aromatic rings. The van der Waals surface area contributed by atoms with Crippen molar-refractivity contribution in [3.8, 4) is 0 Å². The number of anilines is 1. The Bertz CT molecular complexity index is 1310. The van der Waals surface area contributed by atoms with Gasteiger partial charge in [0.2, 0.25) is 15.9 Å². The molecular weight excluding hydrogens is 489 g/mol. The van der Waals surface area contributed by atoms with Gasteiger partial charge in [-0.1, -0.05) is 11.3 Å². The van der Waals surface area contributed by atoms with Crippen molar-refractivity contribution in [1.82, 2.24) is 9.29 Å². The molecule has 0 bridgehead atoms. The first kappa shape index (κ1) is 24.3. The molecule has 0 aliphatic carbocycles. The Hall–Kier alpha value is -2.40. The topological polar surface area (TPSA) is 79.8 Å². The van der Waals surface area contributed by atoms with Crippen LogP contribution in [0.4, 0.5) is 9.52 Å². The Kier molecular flexibility index (Phi) is 6.65. The first-order chi connectivity index (χ1) is 16.7. The van der Waals surface area contributed by atoms with Crippen LogP contribution in [0.5, 0.6) is 0 Å². The monoisotopic (exact) mass is 517 g/mol. The zero-order chi connectivity index (χ0) is 24.7. The number of hydrogen-bond acceptors (Lipinski definition) is 6. The summed E-state index contributed by atoms with van der Waals surface area (Å²) in [4.78, 5) is 20.3. The summed E-state index contributed by atoms with van der Waals surface area (Å²) < 4.78 is 48.2. The standard InChI is InChI=1S/C25H28FN3O4S2/c1-16-13-21-23(14-17(16)2)34-25(27-21)28(15-19-5-4-12-33-19)24(30)22-6-3-11-29(22)35(31,32)20-9-7-18(26)8-10-20/h7-10,13-14,19,22H,3-6,11-12,15H2,1-2H3. The number of hydrogen-bond donors (Lipinski definition) is 0. The van der Waals surface area contributed by atoms with E-state index in [9.17, 15) is 17.6 Å². The number of aromatic nitrogens is 1. The molecule has 2 aliphatic rings. The highest BCUT2D eigenvalue weighted by Gasteiger charge is 2.42. The molecule has 0 saturated carbocycles. The van der Waals surface area contributed by atoms with Gasteiger partial charge in [-0.15, -0.1) is 0 Å². The normalized spacial score (nSPS) is 21.1. The van der Waals surface area contributed by atoms with Crippen LogP contribution in [0.25, 0.3) is 10.2 Å². The summed E-state index contributed by atoms with van der Waals surface area (Å²) in [5, 5.41) is 0.552. The SMILES string of the molecule is Cc1cc2nc(N(CC3CCCO3)C(=O)C3CCCN3S(=O)(=O)c3ccc(F)cc3)sc2cc1C. The van der Waals surface area contributed by atoms with Crippen molar-refractivity contribution in [2.45, 2.75) is 56.6 Å². The predicted molar refractivity (Wildman–Crippen MR) is 134 cm³/mol. The summed E-state index contributed by atoms with van der Waals surface area (Å²) in [6.07, 6.45) is 2.65. The molecular formula is C25H28FN3O4S2. The first-order valence-electron chi connectivity index (χ1n) is 11.8. The van der Waals surface area contributed by atoms with Gasteiger partial charge in [-0.2, -0.15) is 4.31 Å². The van der Waals surface area contributed by atoms with Crippen molar-refractivity contribution in [2.24, 2.45) is 0 Å². The molecule has 5 rings (SSSR count). The van der Waals surface area contributed by atoms with Gasteiger partial charge in [0, 0.05) is 13.2 Å². The summed E-state index contributed by atoms with van der Waals surface area (Å²) in [6, 6.07) is 7.96. The fraction of sp³-hybridized carbons (Fsp3) is 0.440. The highest BCUT2D eigenvalue weighted by atomic mass is 32.2. The summed E-state index contributed by atoms with van der Waals surface area (Å²) >= 11 is 1.43. The average molecular weight is 518 g/mol. The Balaban J connectivity index is 1.49. The Morgan fingerprint density at radius 3 is 2.63 bits per heavy atom. The number of fused-ring (bicyclic) bond motifs is 1. The summed E-state index contributed by atoms with van der Waals surface area (Å²) in [7, 11) is -3.96. The number of carbonyl (C=O) groups excluding carboxylic acids is 1. The number of halogens is 1. The highest BCUT2D eigenvalue weighted by molar-refractivity contribution is 7.89. The lowest BCUT2D eigenvalue weighted by atomic mass is 10.1. The van der Waals surface area contributed by atoms with Gasteiger partial charge in [0.25, 0.3) is 0 Å². The molecule has 2 aromatic carbocycles. The molecule has 1 aromatic heterocycles. The van der Waals surface area contributed by atoms with E-state index in [-0.39, 0.29) is 23.5 Å². The summed E-state index contributed by atoms with van der Waals surface area (Å²) in [6.45, 7) is 5.29. The summed E-state index contributed by atoms with van der Waals surface area (Å²) in [5.41, 5.74) is 3.09. The third-order valence-electron chi connectivity index (χ3n) is 6.81. The van der Waals surface area contributed by atoms with Gasteiger partial charge in [-0.25, -0.2) is 17.8 Å². The number of sulfonamides is 1. The molecule has 2 atom stereocenters. The fourth-order valence-corrected chi connectivity index (χ4v) is 7.45. The van der Waals surface area contributed by atoms with E-state index in [0.29, 0.717) is 31.1 Å². The van der Waals surface area contributed by atoms with E-state index in [1.54, 1.807) is 4.90 Å². The van der Waals surface area contributed by atoms with Crippen LogP contribution in [0.15, 0.2) is 41.3 Å². The minimum Gasteiger partial charge on any atom is -0.376 e. The smallest absolute Gasteiger partial charge is 0.247 e. The summed E-state index contributed by atoms with van der Waals surface area (Å²) in [5.74, 6) is -0.807. The van der Waals surface area contributed by atoms with Crippen molar-refractivity contribution in [2.75, 3.05) is 24.6 Å². The number of benzene rings is 2. The quantitative estimate of drug-likeness (QED) is 0.484. The molecule has 3 heterocycles. The second kappa shape index (κ2) is 9.57. The molecule has 2 saturated heterocycles. The van der Waals surface area contributed by atoms with Crippen LogP contribution < -0.4 is 4.90 Å². The van der Waals surface area contributed by atoms with Crippen molar-refractivity contribution >= 4 is 42.6 Å². The molecule has 2 fully saturated rings. The number of nitrogens with zero attached hydrogens (tertiary/aromatic N) is 3. The zero-order valence-electron chi connectivity index (χ0n) is 19.7. The van der Waals surface area contributed by atoms with Crippen LogP contribution in [-0.4, -0.2) is 55.5 Å². The number of amides is 1. The van der Waals surface area contributed by atoms with E-state index in [2.05, 4.69) is 6.07 Å². The van der Waals surface area contributed by atoms with Gasteiger partial charge in [0.1, 0.15) is 11.9 Å². The largest absolute Gasteiger partial charge is 0.376 e. The van der Waals surface area contributed by atoms with E-state index < -0.39 is 21.9 Å². The highest BCUT2D eigenvalue weighted by Crippen LogP contribution is 2.34. The maximum absolute atomic E-state index is 14.0. The zero-order valence-corrected chi connectivity index (χ0v) is 21.4. The molecule has 2 aliphatic heterocycles. The lowest BCUT2D eigenvalue weighted by Gasteiger charge is -2.29. The van der Waals surface area contributed by atoms with Crippen LogP contribution in [0.3, 0.4) is 0 Å². The van der Waals surface area contributed by atoms with Crippen LogP contribution in [-0.2, 0) is 19.6 Å². The van der Waals surface area contributed by atoms with E-state index >= 15 is 0 Å². The molecule has 0 spiro atoms. The molecule has 35 heavy (non-hydrogen) atoms. The minimum absolute atomic E-state index is 0.0183. The van der Waals surface area contributed by atoms with Gasteiger partial charge >= 0.3 is 0 Å². The lowest BCUT2D eigenvalue weighted by molar-refractivity contribution is -0.122. The third kappa shape index (κ3) is 4.72. The number of aryl methyl sites for hydroxylation is 2. The maximum Gasteiger partial charge on any atom is 0.247 e. The second-order valence-electron chi connectivity index (χ2n) is 9.21. The van der Waals surface area contributed by atoms with E-state index in [4.69, 9.17) is 9.72 Å². The Labute approximate surface area is 208 Å². The average Bonchev–Trinajstić information content (AvgIpc) is 3.58. The lowest BCUT2D eigenvalue weighted by Crippen LogP contribution is -2.49. The van der Waals surface area contributed by atoms with Crippen molar-refractivity contribution in [1.29, 1.82) is 0 Å². The van der Waals surface area contributed by atoms with Gasteiger partial charge in [0.05, 0.1) is 27.8 Å². The molecule has 7 nitrogen and oxygen atoms in total. The Morgan fingerprint density at radius 1 is 1.17 bits per heavy atom. The number of rotatable bonds is 6. The van der Waals surface area contributed by atoms with E-state index in [0.717, 1.165) is 46.3 Å². The van der Waals surface area contributed by atoms with Crippen molar-refractivity contribution in [3.05, 3.63) is 53.3 Å². The van der Waals surface area contributed by atoms with Crippen LogP contribution in [0, 0.1) is 19.7 Å². The van der Waals surface area contributed by atoms with Gasteiger partial charge in [0.15, 0.2) is 5.13 Å². The molecule has 2 unspecified atom stereocenters. The van der Waals surface area contributed by atoms with Crippen molar-refractivity contribution in [3.63, 3.8) is 0 Å². The third-order valence-corrected chi connectivity index (χ3v) is 9.77. The van der Waals surface area contributed by atoms with Crippen LogP contribution in [0.2, 0.25) is 0 Å². The maximum atomic E-state index is 14.0. The fourth-order valence-electron chi connectivity index (χ4n) is 4.73. The molecule has 186 valence electrons. The molecule has 0 N–H and O–H groups in total. The van der Waals surface area contributed by atoms with Gasteiger partial charge < -0.3 is 4.74 Å². The number of ether oxygens (including phenoxy) is 1. The van der Waals surface area contributed by atoms with Crippen molar-refractivity contribution < 1.29 is 22.3 Å². The number of carbonyl (C=O) groups is 1. The number of thiazole rings is 1. The molecule has 0 radical (unpaired) electrons. The van der Waals surface area contributed by atoms with E-state index in [1.165, 1.54) is 27.8 Å².